The first-order valence-corrected chi connectivity index (χ1v) is 6.66. The minimum absolute atomic E-state index is 0.857. The summed E-state index contributed by atoms with van der Waals surface area (Å²) in [6, 6.07) is 2.17. The van der Waals surface area contributed by atoms with Crippen LogP contribution in [0.3, 0.4) is 0 Å². The van der Waals surface area contributed by atoms with Gasteiger partial charge in [-0.05, 0) is 36.9 Å². The lowest BCUT2D eigenvalue weighted by Crippen LogP contribution is -2.05. The number of hydrogen-bond acceptors (Lipinski definition) is 5. The average molecular weight is 251 g/mol. The molecule has 0 aliphatic rings. The van der Waals surface area contributed by atoms with Crippen molar-refractivity contribution in [2.75, 3.05) is 7.05 Å². The fourth-order valence-electron chi connectivity index (χ4n) is 1.37. The maximum absolute atomic E-state index is 4.46. The van der Waals surface area contributed by atoms with E-state index < -0.39 is 0 Å². The first-order chi connectivity index (χ1) is 7.79. The van der Waals surface area contributed by atoms with Crippen molar-refractivity contribution in [1.82, 2.24) is 15.3 Å². The van der Waals surface area contributed by atoms with Crippen LogP contribution in [0.25, 0.3) is 0 Å². The van der Waals surface area contributed by atoms with Crippen LogP contribution in [0.2, 0.25) is 0 Å². The van der Waals surface area contributed by atoms with Crippen LogP contribution in [0.15, 0.2) is 33.2 Å². The minimum Gasteiger partial charge on any atom is -0.316 e. The molecule has 5 heteroatoms. The van der Waals surface area contributed by atoms with Gasteiger partial charge in [-0.3, -0.25) is 0 Å². The molecule has 0 saturated heterocycles. The molecule has 0 unspecified atom stereocenters. The van der Waals surface area contributed by atoms with Gasteiger partial charge in [0.2, 0.25) is 0 Å². The Morgan fingerprint density at radius 1 is 1.44 bits per heavy atom. The third-order valence-electron chi connectivity index (χ3n) is 2.06. The van der Waals surface area contributed by atoms with Crippen LogP contribution in [-0.2, 0) is 6.54 Å². The highest BCUT2D eigenvalue weighted by Crippen LogP contribution is 2.29. The van der Waals surface area contributed by atoms with Crippen molar-refractivity contribution >= 4 is 23.1 Å². The van der Waals surface area contributed by atoms with Gasteiger partial charge in [0, 0.05) is 24.3 Å². The van der Waals surface area contributed by atoms with Gasteiger partial charge in [0.25, 0.3) is 0 Å². The Morgan fingerprint density at radius 2 is 2.31 bits per heavy atom. The molecule has 0 saturated carbocycles. The maximum Gasteiger partial charge on any atom is 0.156 e. The Balaban J connectivity index is 2.16. The lowest BCUT2D eigenvalue weighted by atomic mass is 10.2. The highest BCUT2D eigenvalue weighted by atomic mass is 32.2. The Labute approximate surface area is 103 Å². The fraction of sp³-hybridized carbons (Fsp3) is 0.273. The van der Waals surface area contributed by atoms with Crippen LogP contribution in [0, 0.1) is 6.92 Å². The molecule has 84 valence electrons. The summed E-state index contributed by atoms with van der Waals surface area (Å²) in [4.78, 5) is 8.70. The van der Waals surface area contributed by atoms with Crippen LogP contribution in [0.1, 0.15) is 11.1 Å². The smallest absolute Gasteiger partial charge is 0.156 e. The molecule has 2 aromatic heterocycles. The summed E-state index contributed by atoms with van der Waals surface area (Å²) in [5.74, 6) is 0. The third-order valence-corrected chi connectivity index (χ3v) is 4.07. The zero-order valence-corrected chi connectivity index (χ0v) is 10.9. The molecule has 0 amide bonds. The zero-order chi connectivity index (χ0) is 11.4. The second-order valence-corrected chi connectivity index (χ2v) is 5.53. The summed E-state index contributed by atoms with van der Waals surface area (Å²) >= 11 is 3.26. The van der Waals surface area contributed by atoms with E-state index in [0.717, 1.165) is 15.9 Å². The molecule has 0 bridgehead atoms. The van der Waals surface area contributed by atoms with Gasteiger partial charge in [0.05, 0.1) is 0 Å². The molecule has 16 heavy (non-hydrogen) atoms. The summed E-state index contributed by atoms with van der Waals surface area (Å²) in [5.41, 5.74) is 2.41. The average Bonchev–Trinajstić information content (AvgIpc) is 2.75. The largest absolute Gasteiger partial charge is 0.316 e. The predicted octanol–water partition coefficient (Wildman–Crippen LogP) is 2.72. The van der Waals surface area contributed by atoms with Gasteiger partial charge in [-0.15, -0.1) is 11.3 Å². The van der Waals surface area contributed by atoms with Crippen molar-refractivity contribution in [3.63, 3.8) is 0 Å². The number of nitrogens with zero attached hydrogens (tertiary/aromatic N) is 2. The normalized spacial score (nSPS) is 10.6. The van der Waals surface area contributed by atoms with Crippen molar-refractivity contribution in [3.05, 3.63) is 35.0 Å². The van der Waals surface area contributed by atoms with E-state index in [1.165, 1.54) is 11.1 Å². The second kappa shape index (κ2) is 5.43. The lowest BCUT2D eigenvalue weighted by molar-refractivity contribution is 0.806. The van der Waals surface area contributed by atoms with Crippen LogP contribution in [-0.4, -0.2) is 17.0 Å². The Morgan fingerprint density at radius 3 is 2.94 bits per heavy atom. The fourth-order valence-corrected chi connectivity index (χ4v) is 2.93. The van der Waals surface area contributed by atoms with Crippen molar-refractivity contribution in [2.45, 2.75) is 22.8 Å². The molecule has 0 atom stereocenters. The Hall–Kier alpha value is -0.910. The van der Waals surface area contributed by atoms with E-state index in [1.807, 2.05) is 24.8 Å². The van der Waals surface area contributed by atoms with Crippen molar-refractivity contribution in [1.29, 1.82) is 0 Å². The third kappa shape index (κ3) is 2.81. The number of hydrogen-bond donors (Lipinski definition) is 1. The summed E-state index contributed by atoms with van der Waals surface area (Å²) in [6.07, 6.45) is 3.73. The van der Waals surface area contributed by atoms with Crippen molar-refractivity contribution < 1.29 is 0 Å². The quantitative estimate of drug-likeness (QED) is 0.906. The molecule has 0 radical (unpaired) electrons. The summed E-state index contributed by atoms with van der Waals surface area (Å²) in [7, 11) is 1.94. The molecule has 0 aliphatic carbocycles. The van der Waals surface area contributed by atoms with Gasteiger partial charge in [0.1, 0.15) is 5.03 Å². The monoisotopic (exact) mass is 251 g/mol. The number of rotatable bonds is 4. The number of aromatic nitrogens is 2. The van der Waals surface area contributed by atoms with Crippen LogP contribution in [0.5, 0.6) is 0 Å². The Bertz CT molecular complexity index is 454. The summed E-state index contributed by atoms with van der Waals surface area (Å²) in [5, 5.41) is 6.14. The van der Waals surface area contributed by atoms with E-state index in [2.05, 4.69) is 28.3 Å². The molecule has 0 aliphatic heterocycles. The van der Waals surface area contributed by atoms with Gasteiger partial charge in [0.15, 0.2) is 4.34 Å². The molecule has 0 fully saturated rings. The molecular formula is C11H13N3S2. The highest BCUT2D eigenvalue weighted by Gasteiger charge is 2.05. The van der Waals surface area contributed by atoms with Gasteiger partial charge in [-0.25, -0.2) is 9.97 Å². The van der Waals surface area contributed by atoms with E-state index in [4.69, 9.17) is 0 Å². The van der Waals surface area contributed by atoms with Crippen molar-refractivity contribution in [3.8, 4) is 0 Å². The number of pyridine rings is 1. The number of thiazole rings is 1. The second-order valence-electron chi connectivity index (χ2n) is 3.40. The minimum atomic E-state index is 0.857. The zero-order valence-electron chi connectivity index (χ0n) is 9.23. The molecule has 0 aromatic carbocycles. The van der Waals surface area contributed by atoms with E-state index in [1.54, 1.807) is 23.1 Å². The number of nitrogens with one attached hydrogen (secondary N) is 1. The molecule has 2 aromatic rings. The van der Waals surface area contributed by atoms with Gasteiger partial charge in [-0.1, -0.05) is 6.07 Å². The topological polar surface area (TPSA) is 37.8 Å². The maximum atomic E-state index is 4.46. The first kappa shape index (κ1) is 11.6. The SMILES string of the molecule is CNCc1cnc(Sc2nccs2)c(C)c1. The standard InChI is InChI=1S/C11H13N3S2/c1-8-5-9(6-12-2)7-14-10(8)16-11-13-3-4-15-11/h3-5,7,12H,6H2,1-2H3. The lowest BCUT2D eigenvalue weighted by Gasteiger charge is -2.05. The van der Waals surface area contributed by atoms with Crippen molar-refractivity contribution in [2.24, 2.45) is 0 Å². The predicted molar refractivity (Wildman–Crippen MR) is 68.0 cm³/mol. The van der Waals surface area contributed by atoms with E-state index in [0.29, 0.717) is 0 Å². The van der Waals surface area contributed by atoms with E-state index in [-0.39, 0.29) is 0 Å². The van der Waals surface area contributed by atoms with E-state index in [9.17, 15) is 0 Å². The molecule has 0 spiro atoms. The molecule has 2 heterocycles. The molecule has 2 rings (SSSR count). The van der Waals surface area contributed by atoms with Crippen LogP contribution < -0.4 is 5.32 Å². The highest BCUT2D eigenvalue weighted by molar-refractivity contribution is 8.01. The summed E-state index contributed by atoms with van der Waals surface area (Å²) in [6.45, 7) is 2.94. The molecular weight excluding hydrogens is 238 g/mol. The van der Waals surface area contributed by atoms with Gasteiger partial charge in [-0.2, -0.15) is 0 Å². The molecule has 3 nitrogen and oxygen atoms in total. The molecule has 1 N–H and O–H groups in total. The van der Waals surface area contributed by atoms with Crippen LogP contribution >= 0.6 is 23.1 Å². The Kier molecular flexibility index (Phi) is 3.93. The van der Waals surface area contributed by atoms with Gasteiger partial charge < -0.3 is 5.32 Å². The summed E-state index contributed by atoms with van der Waals surface area (Å²) < 4.78 is 1.04. The van der Waals surface area contributed by atoms with Crippen LogP contribution in [0.4, 0.5) is 0 Å². The first-order valence-electron chi connectivity index (χ1n) is 4.97. The van der Waals surface area contributed by atoms with Gasteiger partial charge >= 0.3 is 0 Å². The van der Waals surface area contributed by atoms with E-state index >= 15 is 0 Å². The number of aryl methyl sites for hydroxylation is 1.